The fourth-order valence-corrected chi connectivity index (χ4v) is 10.6. The van der Waals surface area contributed by atoms with Crippen LogP contribution in [0.2, 0.25) is 5.02 Å². The molecule has 25 nitrogen and oxygen atoms in total. The Bertz CT molecular complexity index is 2880. The molecule has 2 saturated heterocycles. The molecule has 0 saturated carbocycles. The molecule has 4 N–H and O–H groups in total. The van der Waals surface area contributed by atoms with Crippen molar-refractivity contribution in [2.75, 3.05) is 73.6 Å². The van der Waals surface area contributed by atoms with Crippen LogP contribution >= 0.6 is 11.6 Å². The van der Waals surface area contributed by atoms with Crippen molar-refractivity contribution < 1.29 is 95.5 Å². The number of halogens is 1. The van der Waals surface area contributed by atoms with Gasteiger partial charge in [0.1, 0.15) is 29.8 Å². The highest BCUT2D eigenvalue weighted by Gasteiger charge is 2.48. The van der Waals surface area contributed by atoms with Gasteiger partial charge in [0.25, 0.3) is 11.8 Å². The van der Waals surface area contributed by atoms with E-state index in [1.165, 1.54) is 13.2 Å². The SMILES string of the molecule is COCCOCCOCCOCCNC(=O)CC[C@H](CC(=O)[C@@H](NC(=O)CCCC(=O)ON1C(=O)CCC1=O)C(C)C)C(=O)CCc1ccc([C@H]2O[C@@H]2[C@@H](C)[C@@H]2C/C=C/C(=O)N[C@H](Cc3ccc(OC)c(Cl)c3)C(=O)NCC(C)(C)C(=O)O[C@@H](CC(C)C)C(=O)O2)cc1. The molecule has 2 aromatic rings. The number of hydroxylamine groups is 2. The molecule has 514 valence electrons. The Morgan fingerprint density at radius 2 is 1.43 bits per heavy atom. The predicted molar refractivity (Wildman–Crippen MR) is 337 cm³/mol. The number of nitrogens with one attached hydrogen (secondary N) is 4. The van der Waals surface area contributed by atoms with Gasteiger partial charge >= 0.3 is 17.9 Å². The van der Waals surface area contributed by atoms with Crippen LogP contribution in [0.15, 0.2) is 54.6 Å². The number of amides is 6. The summed E-state index contributed by atoms with van der Waals surface area (Å²) >= 11 is 6.40. The maximum atomic E-state index is 14.2. The van der Waals surface area contributed by atoms with Crippen LogP contribution in [0.5, 0.6) is 5.75 Å². The van der Waals surface area contributed by atoms with Gasteiger partial charge in [0.05, 0.1) is 75.9 Å². The van der Waals surface area contributed by atoms with Gasteiger partial charge in [0, 0.05) is 89.8 Å². The lowest BCUT2D eigenvalue weighted by Gasteiger charge is -2.29. The van der Waals surface area contributed by atoms with Gasteiger partial charge in [-0.1, -0.05) is 82.6 Å². The van der Waals surface area contributed by atoms with E-state index in [2.05, 4.69) is 21.3 Å². The van der Waals surface area contributed by atoms with E-state index in [9.17, 15) is 52.7 Å². The molecule has 0 radical (unpaired) electrons. The number of hydrogen-bond acceptors (Lipinski definition) is 20. The molecule has 2 aromatic carbocycles. The van der Waals surface area contributed by atoms with Crippen LogP contribution in [-0.4, -0.2) is 174 Å². The van der Waals surface area contributed by atoms with E-state index in [1.807, 2.05) is 45.0 Å². The van der Waals surface area contributed by atoms with E-state index in [4.69, 9.17) is 54.3 Å². The number of nitrogens with zero attached hydrogens (tertiary/aromatic N) is 1. The molecule has 93 heavy (non-hydrogen) atoms. The highest BCUT2D eigenvalue weighted by Crippen LogP contribution is 2.45. The van der Waals surface area contributed by atoms with Crippen molar-refractivity contribution in [1.29, 1.82) is 0 Å². The summed E-state index contributed by atoms with van der Waals surface area (Å²) in [6, 6.07) is 10.4. The number of benzene rings is 2. The molecule has 6 amide bonds. The van der Waals surface area contributed by atoms with Crippen LogP contribution in [0.3, 0.4) is 0 Å². The van der Waals surface area contributed by atoms with Gasteiger partial charge in [0.2, 0.25) is 23.6 Å². The summed E-state index contributed by atoms with van der Waals surface area (Å²) in [5, 5.41) is 11.8. The number of carbonyl (C=O) groups excluding carboxylic acids is 11. The van der Waals surface area contributed by atoms with Crippen LogP contribution in [0, 0.1) is 29.1 Å². The van der Waals surface area contributed by atoms with Crippen LogP contribution in [-0.2, 0) is 104 Å². The number of ketones is 2. The molecule has 0 bridgehead atoms. The lowest BCUT2D eigenvalue weighted by atomic mass is 9.85. The number of rotatable bonds is 37. The maximum absolute atomic E-state index is 14.2. The first-order valence-electron chi connectivity index (χ1n) is 31.9. The number of methoxy groups -OCH3 is 2. The maximum Gasteiger partial charge on any atom is 0.347 e. The minimum Gasteiger partial charge on any atom is -0.495 e. The van der Waals surface area contributed by atoms with Gasteiger partial charge in [-0.15, -0.1) is 5.06 Å². The molecule has 8 atom stereocenters. The molecule has 3 aliphatic rings. The molecule has 0 aromatic heterocycles. The third-order valence-corrected chi connectivity index (χ3v) is 16.2. The largest absolute Gasteiger partial charge is 0.495 e. The van der Waals surface area contributed by atoms with Gasteiger partial charge < -0.3 is 64.0 Å². The van der Waals surface area contributed by atoms with Crippen molar-refractivity contribution in [1.82, 2.24) is 26.3 Å². The number of cyclic esters (lactones) is 2. The number of hydrogen-bond donors (Lipinski definition) is 4. The Morgan fingerprint density at radius 3 is 2.06 bits per heavy atom. The molecule has 0 unspecified atom stereocenters. The Kier molecular flexibility index (Phi) is 32.0. The summed E-state index contributed by atoms with van der Waals surface area (Å²) in [6.07, 6.45) is -0.516. The number of ether oxygens (including phenoxy) is 8. The number of aryl methyl sites for hydroxylation is 1. The summed E-state index contributed by atoms with van der Waals surface area (Å²) in [5.74, 6) is -7.74. The Labute approximate surface area is 549 Å². The van der Waals surface area contributed by atoms with Crippen LogP contribution in [0.4, 0.5) is 0 Å². The normalized spacial score (nSPS) is 20.8. The van der Waals surface area contributed by atoms with E-state index in [-0.39, 0.29) is 121 Å². The van der Waals surface area contributed by atoms with Crippen molar-refractivity contribution in [3.05, 3.63) is 76.3 Å². The lowest BCUT2D eigenvalue weighted by Crippen LogP contribution is -2.51. The zero-order valence-corrected chi connectivity index (χ0v) is 55.8. The van der Waals surface area contributed by atoms with Gasteiger partial charge in [-0.2, -0.15) is 0 Å². The molecular weight excluding hydrogens is 1230 g/mol. The van der Waals surface area contributed by atoms with Crippen molar-refractivity contribution in [3.63, 3.8) is 0 Å². The minimum atomic E-state index is -1.31. The quantitative estimate of drug-likeness (QED) is 0.0272. The average molecular weight is 1320 g/mol. The van der Waals surface area contributed by atoms with Crippen LogP contribution in [0.1, 0.15) is 142 Å². The highest BCUT2D eigenvalue weighted by molar-refractivity contribution is 6.32. The van der Waals surface area contributed by atoms with Crippen molar-refractivity contribution in [2.24, 2.45) is 29.1 Å². The number of imide groups is 1. The van der Waals surface area contributed by atoms with Crippen molar-refractivity contribution >= 4 is 76.5 Å². The molecule has 26 heteroatoms. The average Bonchev–Trinajstić information content (AvgIpc) is 1.66. The number of carbonyl (C=O) groups is 11. The van der Waals surface area contributed by atoms with Gasteiger partial charge in [0.15, 0.2) is 11.9 Å². The third kappa shape index (κ3) is 26.3. The van der Waals surface area contributed by atoms with Crippen molar-refractivity contribution in [2.45, 2.75) is 168 Å². The number of Topliss-reactive ketones (excluding diaryl/α,β-unsaturated/α-hetero) is 2. The minimum absolute atomic E-state index is 0.00210. The summed E-state index contributed by atoms with van der Waals surface area (Å²) in [7, 11) is 3.07. The smallest absolute Gasteiger partial charge is 0.347 e. The van der Waals surface area contributed by atoms with E-state index in [1.54, 1.807) is 59.1 Å². The first kappa shape index (κ1) is 76.6. The lowest BCUT2D eigenvalue weighted by molar-refractivity contribution is -0.197. The number of epoxide rings is 1. The monoisotopic (exact) mass is 1320 g/mol. The molecule has 0 spiro atoms. The molecular formula is C67H94ClN5O20. The molecule has 3 aliphatic heterocycles. The number of esters is 2. The zero-order valence-electron chi connectivity index (χ0n) is 55.0. The van der Waals surface area contributed by atoms with Gasteiger partial charge in [-0.05, 0) is 86.3 Å². The Hall–Kier alpha value is -7.16. The Balaban J connectivity index is 1.23. The highest BCUT2D eigenvalue weighted by atomic mass is 35.5. The zero-order chi connectivity index (χ0) is 68.2. The van der Waals surface area contributed by atoms with E-state index < -0.39 is 113 Å². The summed E-state index contributed by atoms with van der Waals surface area (Å²) in [6.45, 7) is 14.9. The summed E-state index contributed by atoms with van der Waals surface area (Å²) in [5.41, 5.74) is 0.931. The summed E-state index contributed by atoms with van der Waals surface area (Å²) < 4.78 is 44.9. The molecule has 3 heterocycles. The first-order valence-corrected chi connectivity index (χ1v) is 32.3. The van der Waals surface area contributed by atoms with Crippen molar-refractivity contribution in [3.8, 4) is 5.75 Å². The fraction of sp³-hybridized carbons (Fsp3) is 0.627. The van der Waals surface area contributed by atoms with Gasteiger partial charge in [-0.25, -0.2) is 9.59 Å². The van der Waals surface area contributed by atoms with E-state index in [0.717, 1.165) is 11.1 Å². The van der Waals surface area contributed by atoms with E-state index >= 15 is 0 Å². The second-order valence-electron chi connectivity index (χ2n) is 24.8. The second kappa shape index (κ2) is 38.9. The topological polar surface area (TPSA) is 325 Å². The molecule has 2 fully saturated rings. The molecule has 5 rings (SSSR count). The van der Waals surface area contributed by atoms with Crippen LogP contribution < -0.4 is 26.0 Å². The third-order valence-electron chi connectivity index (χ3n) is 15.9. The van der Waals surface area contributed by atoms with Crippen LogP contribution in [0.25, 0.3) is 0 Å². The second-order valence-corrected chi connectivity index (χ2v) is 25.2. The van der Waals surface area contributed by atoms with E-state index in [0.29, 0.717) is 61.0 Å². The standard InChI is InChI=1S/C67H94ClN5O20/c1-41(2)36-54-65(83)90-52(12-10-13-56(77)71-49(38-45-19-24-53(86-9)48(68)37-45)64(82)70-40-67(6,7)66(84)91-54)43(5)62-63(92-62)46-20-16-44(17-21-46)18-23-50(74)47(22-25-55(76)69-28-29-87-32-33-89-35-34-88-31-30-85-8)39-51(75)61(42(3)4)72-57(78)14-11-15-60(81)93-73-58(79)26-27-59(73)80/h10,13,16-17,19-21,24,37,41-43,47,49,52,54,61-63H,11-12,14-15,18,22-23,25-36,38-40H2,1-9H3,(H,69,76)(H,70,82)(H,71,77)(H,72,78)/b13-10+/t43-,47+,49+,52-,54-,61-,62+,63+/m0/s1. The fourth-order valence-electron chi connectivity index (χ4n) is 10.3. The molecule has 0 aliphatic carbocycles. The predicted octanol–water partition coefficient (Wildman–Crippen LogP) is 5.71. The first-order chi connectivity index (χ1) is 44.3. The Morgan fingerprint density at radius 1 is 0.774 bits per heavy atom. The summed E-state index contributed by atoms with van der Waals surface area (Å²) in [4.78, 5) is 151. The van der Waals surface area contributed by atoms with Gasteiger partial charge in [-0.3, -0.25) is 43.2 Å².